The van der Waals surface area contributed by atoms with Gasteiger partial charge in [0.15, 0.2) is 0 Å². The standard InChI is InChI=1S/C10H10O6/c1-5(9(12)13)16-7-4-2-3-6(8(7)11)10(14)15/h2-4,7-8,11H,1H2,(H,12,13)(H,14,15)/p-2/t7-,8-/m0/s1. The summed E-state index contributed by atoms with van der Waals surface area (Å²) in [4.78, 5) is 20.9. The van der Waals surface area contributed by atoms with Gasteiger partial charge >= 0.3 is 0 Å². The molecule has 2 atom stereocenters. The quantitative estimate of drug-likeness (QED) is 0.409. The fraction of sp³-hybridized carbons (Fsp3) is 0.200. The Hall–Kier alpha value is -2.08. The molecule has 6 nitrogen and oxygen atoms in total. The molecule has 16 heavy (non-hydrogen) atoms. The number of carboxylic acid groups (broad SMARTS) is 2. The van der Waals surface area contributed by atoms with Crippen LogP contribution in [0, 0.1) is 0 Å². The van der Waals surface area contributed by atoms with Gasteiger partial charge in [0.05, 0.1) is 5.97 Å². The summed E-state index contributed by atoms with van der Waals surface area (Å²) in [6.45, 7) is 3.04. The van der Waals surface area contributed by atoms with Gasteiger partial charge in [-0.25, -0.2) is 0 Å². The van der Waals surface area contributed by atoms with Gasteiger partial charge in [-0.2, -0.15) is 0 Å². The van der Waals surface area contributed by atoms with Crippen LogP contribution in [0.1, 0.15) is 0 Å². The summed E-state index contributed by atoms with van der Waals surface area (Å²) < 4.78 is 4.72. The third-order valence-electron chi connectivity index (χ3n) is 1.95. The van der Waals surface area contributed by atoms with E-state index in [0.717, 1.165) is 6.08 Å². The number of ether oxygens (including phenoxy) is 1. The van der Waals surface area contributed by atoms with Crippen LogP contribution in [0.2, 0.25) is 0 Å². The van der Waals surface area contributed by atoms with E-state index in [2.05, 4.69) is 6.58 Å². The van der Waals surface area contributed by atoms with Crippen LogP contribution in [0.4, 0.5) is 0 Å². The molecule has 0 aromatic carbocycles. The van der Waals surface area contributed by atoms with Crippen LogP contribution >= 0.6 is 0 Å². The number of carboxylic acids is 2. The van der Waals surface area contributed by atoms with Crippen molar-refractivity contribution < 1.29 is 29.6 Å². The number of carbonyl (C=O) groups excluding carboxylic acids is 2. The zero-order valence-electron chi connectivity index (χ0n) is 8.08. The Morgan fingerprint density at radius 3 is 2.56 bits per heavy atom. The van der Waals surface area contributed by atoms with Gasteiger partial charge < -0.3 is 29.6 Å². The first-order chi connectivity index (χ1) is 7.43. The van der Waals surface area contributed by atoms with Gasteiger partial charge in [0, 0.05) is 5.57 Å². The largest absolute Gasteiger partial charge is 0.545 e. The van der Waals surface area contributed by atoms with Crippen LogP contribution in [0.25, 0.3) is 0 Å². The minimum Gasteiger partial charge on any atom is -0.545 e. The Kier molecular flexibility index (Phi) is 3.47. The molecule has 0 bridgehead atoms. The predicted octanol–water partition coefficient (Wildman–Crippen LogP) is -2.76. The minimum atomic E-state index is -1.63. The van der Waals surface area contributed by atoms with Crippen molar-refractivity contribution in [2.45, 2.75) is 12.2 Å². The molecule has 0 heterocycles. The SMILES string of the molecule is C=C(O[C@H]1C=CC=C(C(=O)[O-])[C@@H]1O)C(=O)[O-]. The van der Waals surface area contributed by atoms with Gasteiger partial charge in [0.25, 0.3) is 0 Å². The maximum atomic E-state index is 10.6. The monoisotopic (exact) mass is 224 g/mol. The van der Waals surface area contributed by atoms with Crippen molar-refractivity contribution in [3.05, 3.63) is 36.1 Å². The fourth-order valence-corrected chi connectivity index (χ4v) is 1.15. The van der Waals surface area contributed by atoms with Crippen LogP contribution in [-0.4, -0.2) is 29.3 Å². The summed E-state index contributed by atoms with van der Waals surface area (Å²) in [5, 5.41) is 30.4. The number of aliphatic hydroxyl groups excluding tert-OH is 1. The van der Waals surface area contributed by atoms with E-state index in [9.17, 15) is 24.9 Å². The van der Waals surface area contributed by atoms with E-state index >= 15 is 0 Å². The lowest BCUT2D eigenvalue weighted by Gasteiger charge is -2.27. The second kappa shape index (κ2) is 4.63. The van der Waals surface area contributed by atoms with Crippen molar-refractivity contribution in [2.24, 2.45) is 0 Å². The molecular formula is C10H8O6-2. The topological polar surface area (TPSA) is 110 Å². The summed E-state index contributed by atoms with van der Waals surface area (Å²) >= 11 is 0. The molecule has 0 radical (unpaired) electrons. The number of hydrogen-bond donors (Lipinski definition) is 1. The van der Waals surface area contributed by atoms with Gasteiger partial charge in [0.1, 0.15) is 23.9 Å². The number of carbonyl (C=O) groups is 2. The fourth-order valence-electron chi connectivity index (χ4n) is 1.15. The highest BCUT2D eigenvalue weighted by Gasteiger charge is 2.25. The molecule has 6 heteroatoms. The number of aliphatic hydroxyl groups is 1. The molecule has 1 rings (SSSR count). The molecule has 1 aliphatic rings. The van der Waals surface area contributed by atoms with Gasteiger partial charge in [-0.1, -0.05) is 18.7 Å². The van der Waals surface area contributed by atoms with Crippen molar-refractivity contribution in [1.82, 2.24) is 0 Å². The first kappa shape index (κ1) is 12.0. The Balaban J connectivity index is 2.76. The highest BCUT2D eigenvalue weighted by atomic mass is 16.5. The molecule has 0 unspecified atom stereocenters. The van der Waals surface area contributed by atoms with Crippen molar-refractivity contribution in [3.8, 4) is 0 Å². The molecule has 1 N–H and O–H groups in total. The van der Waals surface area contributed by atoms with Crippen LogP contribution < -0.4 is 10.2 Å². The van der Waals surface area contributed by atoms with E-state index in [1.54, 1.807) is 0 Å². The number of allylic oxidation sites excluding steroid dienone is 2. The summed E-state index contributed by atoms with van der Waals surface area (Å²) in [5.74, 6) is -3.87. The van der Waals surface area contributed by atoms with Crippen LogP contribution in [0.15, 0.2) is 36.1 Å². The summed E-state index contributed by atoms with van der Waals surface area (Å²) in [7, 11) is 0. The second-order valence-electron chi connectivity index (χ2n) is 3.03. The summed E-state index contributed by atoms with van der Waals surface area (Å²) in [5.41, 5.74) is -0.390. The van der Waals surface area contributed by atoms with Gasteiger partial charge in [0.2, 0.25) is 0 Å². The smallest absolute Gasteiger partial charge is 0.147 e. The lowest BCUT2D eigenvalue weighted by Crippen LogP contribution is -2.40. The normalized spacial score (nSPS) is 23.4. The first-order valence-electron chi connectivity index (χ1n) is 4.28. The molecule has 0 fully saturated rings. The number of aliphatic carboxylic acids is 2. The Morgan fingerprint density at radius 2 is 2.06 bits per heavy atom. The molecule has 86 valence electrons. The molecule has 0 saturated carbocycles. The van der Waals surface area contributed by atoms with E-state index < -0.39 is 35.5 Å². The maximum absolute atomic E-state index is 10.6. The summed E-state index contributed by atoms with van der Waals surface area (Å²) in [6.07, 6.45) is 1.10. The summed E-state index contributed by atoms with van der Waals surface area (Å²) in [6, 6.07) is 0. The van der Waals surface area contributed by atoms with E-state index in [0.29, 0.717) is 0 Å². The molecule has 0 amide bonds. The van der Waals surface area contributed by atoms with Crippen molar-refractivity contribution in [2.75, 3.05) is 0 Å². The van der Waals surface area contributed by atoms with Gasteiger partial charge in [-0.3, -0.25) is 0 Å². The molecule has 0 saturated heterocycles. The van der Waals surface area contributed by atoms with Crippen LogP contribution in [-0.2, 0) is 14.3 Å². The van der Waals surface area contributed by atoms with Crippen molar-refractivity contribution >= 4 is 11.9 Å². The van der Waals surface area contributed by atoms with Crippen LogP contribution in [0.5, 0.6) is 0 Å². The van der Waals surface area contributed by atoms with E-state index in [1.165, 1.54) is 12.2 Å². The Labute approximate surface area is 90.8 Å². The molecule has 0 spiro atoms. The molecule has 0 aromatic heterocycles. The first-order valence-corrected chi connectivity index (χ1v) is 4.28. The van der Waals surface area contributed by atoms with Crippen molar-refractivity contribution in [3.63, 3.8) is 0 Å². The third-order valence-corrected chi connectivity index (χ3v) is 1.95. The molecule has 0 aromatic rings. The van der Waals surface area contributed by atoms with E-state index in [1.807, 2.05) is 0 Å². The van der Waals surface area contributed by atoms with E-state index in [4.69, 9.17) is 4.74 Å². The van der Waals surface area contributed by atoms with E-state index in [-0.39, 0.29) is 0 Å². The molecule has 0 aliphatic heterocycles. The number of hydrogen-bond acceptors (Lipinski definition) is 6. The zero-order chi connectivity index (χ0) is 12.3. The van der Waals surface area contributed by atoms with Crippen molar-refractivity contribution in [1.29, 1.82) is 0 Å². The average Bonchev–Trinajstić information content (AvgIpc) is 2.20. The maximum Gasteiger partial charge on any atom is 0.147 e. The Morgan fingerprint density at radius 1 is 1.44 bits per heavy atom. The highest BCUT2D eigenvalue weighted by Crippen LogP contribution is 2.18. The van der Waals surface area contributed by atoms with Gasteiger partial charge in [-0.15, -0.1) is 0 Å². The third kappa shape index (κ3) is 2.48. The Bertz CT molecular complexity index is 392. The lowest BCUT2D eigenvalue weighted by atomic mass is 9.99. The second-order valence-corrected chi connectivity index (χ2v) is 3.03. The number of rotatable bonds is 4. The lowest BCUT2D eigenvalue weighted by molar-refractivity contribution is -0.303. The van der Waals surface area contributed by atoms with Gasteiger partial charge in [-0.05, 0) is 6.08 Å². The molecule has 1 aliphatic carbocycles. The minimum absolute atomic E-state index is 0.390. The molecular weight excluding hydrogens is 216 g/mol. The zero-order valence-corrected chi connectivity index (χ0v) is 8.08. The van der Waals surface area contributed by atoms with Crippen LogP contribution in [0.3, 0.4) is 0 Å². The average molecular weight is 224 g/mol. The predicted molar refractivity (Wildman–Crippen MR) is 47.3 cm³/mol. The highest BCUT2D eigenvalue weighted by molar-refractivity contribution is 5.87.